The zero-order valence-electron chi connectivity index (χ0n) is 15.0. The average molecular weight is 410 g/mol. The van der Waals surface area contributed by atoms with Crippen LogP contribution >= 0.6 is 23.1 Å². The predicted molar refractivity (Wildman–Crippen MR) is 113 cm³/mol. The standard InChI is InChI=1S/C21H16FN3OS2/c1-27-17-7-4-5-14(11-17)20(26)25(13-16-6-2-3-10-23-16)21-24-18-9-8-15(22)12-19(18)28-21/h2-12H,13H2,1H3. The third-order valence-corrected chi connectivity index (χ3v) is 5.94. The summed E-state index contributed by atoms with van der Waals surface area (Å²) in [7, 11) is 0. The monoisotopic (exact) mass is 409 g/mol. The number of aromatic nitrogens is 2. The Morgan fingerprint density at radius 2 is 2.04 bits per heavy atom. The minimum absolute atomic E-state index is 0.166. The maximum absolute atomic E-state index is 13.6. The van der Waals surface area contributed by atoms with Gasteiger partial charge >= 0.3 is 0 Å². The van der Waals surface area contributed by atoms with Crippen molar-refractivity contribution in [1.82, 2.24) is 9.97 Å². The van der Waals surface area contributed by atoms with E-state index >= 15 is 0 Å². The fourth-order valence-corrected chi connectivity index (χ4v) is 4.24. The van der Waals surface area contributed by atoms with Gasteiger partial charge in [-0.25, -0.2) is 9.37 Å². The third kappa shape index (κ3) is 3.90. The molecule has 0 aliphatic rings. The number of nitrogens with zero attached hydrogens (tertiary/aromatic N) is 3. The Hall–Kier alpha value is -2.77. The molecule has 4 rings (SSSR count). The van der Waals surface area contributed by atoms with E-state index in [2.05, 4.69) is 9.97 Å². The molecule has 0 aliphatic heterocycles. The predicted octanol–water partition coefficient (Wildman–Crippen LogP) is 5.40. The van der Waals surface area contributed by atoms with Gasteiger partial charge < -0.3 is 0 Å². The first-order chi connectivity index (χ1) is 13.6. The summed E-state index contributed by atoms with van der Waals surface area (Å²) in [6.07, 6.45) is 3.66. The molecule has 28 heavy (non-hydrogen) atoms. The molecule has 4 aromatic rings. The number of thiazole rings is 1. The molecular formula is C21H16FN3OS2. The second-order valence-electron chi connectivity index (χ2n) is 6.05. The van der Waals surface area contributed by atoms with Crippen LogP contribution in [-0.4, -0.2) is 22.1 Å². The molecule has 0 fully saturated rings. The quantitative estimate of drug-likeness (QED) is 0.414. The lowest BCUT2D eigenvalue weighted by atomic mass is 10.2. The normalized spacial score (nSPS) is 10.9. The molecule has 0 N–H and O–H groups in total. The van der Waals surface area contributed by atoms with Gasteiger partial charge in [0.1, 0.15) is 5.82 Å². The molecule has 0 saturated carbocycles. The van der Waals surface area contributed by atoms with Crippen molar-refractivity contribution >= 4 is 44.4 Å². The molecule has 2 heterocycles. The summed E-state index contributed by atoms with van der Waals surface area (Å²) in [5, 5.41) is 0.519. The van der Waals surface area contributed by atoms with E-state index in [1.165, 1.54) is 23.5 Å². The van der Waals surface area contributed by atoms with Crippen LogP contribution in [0.3, 0.4) is 0 Å². The highest BCUT2D eigenvalue weighted by atomic mass is 32.2. The summed E-state index contributed by atoms with van der Waals surface area (Å²) in [6, 6.07) is 17.5. The van der Waals surface area contributed by atoms with Gasteiger partial charge in [0.15, 0.2) is 5.13 Å². The maximum atomic E-state index is 13.6. The minimum atomic E-state index is -0.321. The number of thioether (sulfide) groups is 1. The first-order valence-corrected chi connectivity index (χ1v) is 10.6. The Morgan fingerprint density at radius 1 is 1.14 bits per heavy atom. The number of halogens is 1. The lowest BCUT2D eigenvalue weighted by molar-refractivity contribution is 0.0984. The molecule has 2 aromatic heterocycles. The van der Waals surface area contributed by atoms with Gasteiger partial charge in [0.2, 0.25) is 0 Å². The van der Waals surface area contributed by atoms with Crippen LogP contribution in [0, 0.1) is 5.82 Å². The Balaban J connectivity index is 1.77. The summed E-state index contributed by atoms with van der Waals surface area (Å²) in [6.45, 7) is 0.283. The highest BCUT2D eigenvalue weighted by Gasteiger charge is 2.22. The number of carbonyl (C=O) groups is 1. The number of carbonyl (C=O) groups excluding carboxylic acids is 1. The highest BCUT2D eigenvalue weighted by molar-refractivity contribution is 7.98. The van der Waals surface area contributed by atoms with Crippen molar-refractivity contribution in [2.75, 3.05) is 11.2 Å². The second-order valence-corrected chi connectivity index (χ2v) is 7.94. The number of amides is 1. The number of rotatable bonds is 5. The Bertz CT molecular complexity index is 1130. The first kappa shape index (κ1) is 18.6. The van der Waals surface area contributed by atoms with Gasteiger partial charge in [-0.3, -0.25) is 14.7 Å². The maximum Gasteiger partial charge on any atom is 0.260 e. The summed E-state index contributed by atoms with van der Waals surface area (Å²) in [5.74, 6) is -0.487. The van der Waals surface area contributed by atoms with Crippen LogP contribution in [-0.2, 0) is 6.54 Å². The number of pyridine rings is 1. The van der Waals surface area contributed by atoms with E-state index in [9.17, 15) is 9.18 Å². The van der Waals surface area contributed by atoms with Gasteiger partial charge in [0, 0.05) is 16.7 Å². The average Bonchev–Trinajstić information content (AvgIpc) is 3.15. The van der Waals surface area contributed by atoms with E-state index in [1.54, 1.807) is 35.0 Å². The highest BCUT2D eigenvalue weighted by Crippen LogP contribution is 2.31. The zero-order chi connectivity index (χ0) is 19.5. The molecule has 0 atom stereocenters. The largest absolute Gasteiger partial charge is 0.278 e. The van der Waals surface area contributed by atoms with E-state index in [0.29, 0.717) is 20.9 Å². The molecule has 0 aliphatic carbocycles. The van der Waals surface area contributed by atoms with Crippen molar-refractivity contribution in [3.8, 4) is 0 Å². The van der Waals surface area contributed by atoms with E-state index in [1.807, 2.05) is 42.7 Å². The van der Waals surface area contributed by atoms with Crippen molar-refractivity contribution in [2.45, 2.75) is 11.4 Å². The molecule has 7 heteroatoms. The topological polar surface area (TPSA) is 46.1 Å². The van der Waals surface area contributed by atoms with Crippen molar-refractivity contribution in [2.24, 2.45) is 0 Å². The van der Waals surface area contributed by atoms with Crippen LogP contribution in [0.5, 0.6) is 0 Å². The Morgan fingerprint density at radius 3 is 2.82 bits per heavy atom. The molecule has 4 nitrogen and oxygen atoms in total. The SMILES string of the molecule is CSc1cccc(C(=O)N(Cc2ccccn2)c2nc3ccc(F)cc3s2)c1. The van der Waals surface area contributed by atoms with Crippen LogP contribution in [0.15, 0.2) is 71.8 Å². The Labute approximate surface area is 170 Å². The van der Waals surface area contributed by atoms with Gasteiger partial charge in [-0.05, 0) is 54.8 Å². The summed E-state index contributed by atoms with van der Waals surface area (Å²) >= 11 is 2.87. The van der Waals surface area contributed by atoms with Gasteiger partial charge in [-0.15, -0.1) is 11.8 Å². The molecule has 0 spiro atoms. The van der Waals surface area contributed by atoms with Crippen LogP contribution in [0.25, 0.3) is 10.2 Å². The van der Waals surface area contributed by atoms with Gasteiger partial charge in [-0.1, -0.05) is 23.5 Å². The fraction of sp³-hybridized carbons (Fsp3) is 0.0952. The van der Waals surface area contributed by atoms with Crippen molar-refractivity contribution in [3.05, 3.63) is 83.9 Å². The lowest BCUT2D eigenvalue weighted by Gasteiger charge is -2.20. The van der Waals surface area contributed by atoms with Gasteiger partial charge in [-0.2, -0.15) is 0 Å². The zero-order valence-corrected chi connectivity index (χ0v) is 16.6. The minimum Gasteiger partial charge on any atom is -0.278 e. The molecule has 0 saturated heterocycles. The molecule has 0 radical (unpaired) electrons. The smallest absolute Gasteiger partial charge is 0.260 e. The summed E-state index contributed by atoms with van der Waals surface area (Å²) < 4.78 is 14.3. The number of fused-ring (bicyclic) bond motifs is 1. The number of anilines is 1. The summed E-state index contributed by atoms with van der Waals surface area (Å²) in [5.41, 5.74) is 1.99. The summed E-state index contributed by atoms with van der Waals surface area (Å²) in [4.78, 5) is 24.9. The molecule has 0 bridgehead atoms. The molecule has 2 aromatic carbocycles. The number of benzene rings is 2. The van der Waals surface area contributed by atoms with Crippen LogP contribution in [0.4, 0.5) is 9.52 Å². The van der Waals surface area contributed by atoms with Crippen molar-refractivity contribution < 1.29 is 9.18 Å². The van der Waals surface area contributed by atoms with E-state index < -0.39 is 0 Å². The second kappa shape index (κ2) is 8.08. The molecule has 0 unspecified atom stereocenters. The Kier molecular flexibility index (Phi) is 5.36. The molecule has 140 valence electrons. The van der Waals surface area contributed by atoms with Gasteiger partial charge in [0.05, 0.1) is 22.5 Å². The van der Waals surface area contributed by atoms with Crippen molar-refractivity contribution in [1.29, 1.82) is 0 Å². The van der Waals surface area contributed by atoms with Crippen LogP contribution in [0.2, 0.25) is 0 Å². The number of hydrogen-bond acceptors (Lipinski definition) is 5. The van der Waals surface area contributed by atoms with E-state index in [-0.39, 0.29) is 18.3 Å². The molecular weight excluding hydrogens is 393 g/mol. The van der Waals surface area contributed by atoms with E-state index in [4.69, 9.17) is 0 Å². The third-order valence-electron chi connectivity index (χ3n) is 4.18. The van der Waals surface area contributed by atoms with Gasteiger partial charge in [0.25, 0.3) is 5.91 Å². The molecule has 1 amide bonds. The van der Waals surface area contributed by atoms with Crippen LogP contribution in [0.1, 0.15) is 16.1 Å². The number of hydrogen-bond donors (Lipinski definition) is 0. The van der Waals surface area contributed by atoms with Crippen LogP contribution < -0.4 is 4.90 Å². The van der Waals surface area contributed by atoms with Crippen molar-refractivity contribution in [3.63, 3.8) is 0 Å². The van der Waals surface area contributed by atoms with E-state index in [0.717, 1.165) is 10.6 Å². The fourth-order valence-electron chi connectivity index (χ4n) is 2.79. The first-order valence-electron chi connectivity index (χ1n) is 8.56. The lowest BCUT2D eigenvalue weighted by Crippen LogP contribution is -2.30.